The van der Waals surface area contributed by atoms with Gasteiger partial charge in [-0.25, -0.2) is 19.8 Å². The number of nitrogens with zero attached hydrogens (tertiary/aromatic N) is 2. The SMILES string of the molecule is C/C=C1/N=C(C)C(F)=C(Br)N1NC. The molecule has 0 amide bonds. The second-order valence-electron chi connectivity index (χ2n) is 2.51. The van der Waals surface area contributed by atoms with Crippen LogP contribution in [-0.4, -0.2) is 17.8 Å². The fourth-order valence-electron chi connectivity index (χ4n) is 1.03. The van der Waals surface area contributed by atoms with E-state index in [1.165, 1.54) is 5.01 Å². The average molecular weight is 248 g/mol. The molecular weight excluding hydrogens is 237 g/mol. The van der Waals surface area contributed by atoms with E-state index in [1.54, 1.807) is 20.0 Å². The smallest absolute Gasteiger partial charge is 0.176 e. The maximum Gasteiger partial charge on any atom is 0.176 e. The summed E-state index contributed by atoms with van der Waals surface area (Å²) in [4.78, 5) is 4.06. The molecule has 0 saturated heterocycles. The molecule has 0 radical (unpaired) electrons. The lowest BCUT2D eigenvalue weighted by molar-refractivity contribution is 0.348. The van der Waals surface area contributed by atoms with Gasteiger partial charge in [0.25, 0.3) is 0 Å². The summed E-state index contributed by atoms with van der Waals surface area (Å²) in [6.45, 7) is 3.48. The Bertz CT molecular complexity index is 307. The van der Waals surface area contributed by atoms with Crippen molar-refractivity contribution in [3.05, 3.63) is 22.3 Å². The van der Waals surface area contributed by atoms with Crippen molar-refractivity contribution in [1.82, 2.24) is 10.4 Å². The van der Waals surface area contributed by atoms with Gasteiger partial charge in [-0.2, -0.15) is 0 Å². The summed E-state index contributed by atoms with van der Waals surface area (Å²) >= 11 is 3.15. The molecule has 3 nitrogen and oxygen atoms in total. The Morgan fingerprint density at radius 2 is 2.23 bits per heavy atom. The Kier molecular flexibility index (Phi) is 3.22. The average Bonchev–Trinajstić information content (AvgIpc) is 2.13. The molecule has 0 saturated carbocycles. The first kappa shape index (κ1) is 10.4. The number of aliphatic imine (C=N–C) groups is 1. The van der Waals surface area contributed by atoms with Crippen LogP contribution in [0.25, 0.3) is 0 Å². The van der Waals surface area contributed by atoms with Crippen LogP contribution in [0.3, 0.4) is 0 Å². The summed E-state index contributed by atoms with van der Waals surface area (Å²) in [7, 11) is 1.70. The summed E-state index contributed by atoms with van der Waals surface area (Å²) in [5, 5.41) is 1.53. The fourth-order valence-corrected chi connectivity index (χ4v) is 1.67. The fraction of sp³-hybridized carbons (Fsp3) is 0.375. The molecule has 1 N–H and O–H groups in total. The van der Waals surface area contributed by atoms with Crippen LogP contribution in [0.4, 0.5) is 4.39 Å². The topological polar surface area (TPSA) is 27.6 Å². The summed E-state index contributed by atoms with van der Waals surface area (Å²) < 4.78 is 13.7. The van der Waals surface area contributed by atoms with Crippen molar-refractivity contribution < 1.29 is 4.39 Å². The van der Waals surface area contributed by atoms with E-state index in [2.05, 4.69) is 26.3 Å². The molecule has 0 aromatic heterocycles. The molecule has 13 heavy (non-hydrogen) atoms. The van der Waals surface area contributed by atoms with Crippen LogP contribution >= 0.6 is 15.9 Å². The van der Waals surface area contributed by atoms with Gasteiger partial charge in [-0.1, -0.05) is 0 Å². The molecule has 1 aliphatic rings. The minimum Gasteiger partial charge on any atom is -0.250 e. The summed E-state index contributed by atoms with van der Waals surface area (Å²) in [5.74, 6) is 0.327. The molecule has 72 valence electrons. The van der Waals surface area contributed by atoms with E-state index in [0.717, 1.165) is 0 Å². The van der Waals surface area contributed by atoms with E-state index in [9.17, 15) is 4.39 Å². The first-order valence-corrected chi connectivity index (χ1v) is 4.66. The van der Waals surface area contributed by atoms with Gasteiger partial charge < -0.3 is 0 Å². The molecule has 0 aromatic rings. The van der Waals surface area contributed by atoms with Crippen molar-refractivity contribution in [3.8, 4) is 0 Å². The Morgan fingerprint density at radius 1 is 1.62 bits per heavy atom. The summed E-state index contributed by atoms with van der Waals surface area (Å²) in [6, 6.07) is 0. The molecule has 1 aliphatic heterocycles. The van der Waals surface area contributed by atoms with Crippen LogP contribution in [-0.2, 0) is 0 Å². The van der Waals surface area contributed by atoms with E-state index in [0.29, 0.717) is 16.1 Å². The van der Waals surface area contributed by atoms with Gasteiger partial charge in [0.2, 0.25) is 0 Å². The lowest BCUT2D eigenvalue weighted by Gasteiger charge is -2.26. The van der Waals surface area contributed by atoms with E-state index in [-0.39, 0.29) is 5.83 Å². The van der Waals surface area contributed by atoms with Crippen molar-refractivity contribution >= 4 is 21.6 Å². The summed E-state index contributed by atoms with van der Waals surface area (Å²) in [6.07, 6.45) is 1.80. The molecule has 0 aromatic carbocycles. The zero-order valence-corrected chi connectivity index (χ0v) is 9.31. The Labute approximate surface area is 85.1 Å². The van der Waals surface area contributed by atoms with Crippen LogP contribution < -0.4 is 5.43 Å². The number of nitrogens with one attached hydrogen (secondary N) is 1. The molecule has 0 bridgehead atoms. The van der Waals surface area contributed by atoms with Gasteiger partial charge in [0.15, 0.2) is 5.83 Å². The Morgan fingerprint density at radius 3 is 2.69 bits per heavy atom. The highest BCUT2D eigenvalue weighted by molar-refractivity contribution is 9.11. The molecule has 1 rings (SSSR count). The lowest BCUT2D eigenvalue weighted by atomic mass is 10.3. The van der Waals surface area contributed by atoms with Gasteiger partial charge in [0.1, 0.15) is 10.4 Å². The maximum absolute atomic E-state index is 13.3. The minimum atomic E-state index is -0.347. The quantitative estimate of drug-likeness (QED) is 0.721. The first-order valence-electron chi connectivity index (χ1n) is 3.86. The zero-order valence-electron chi connectivity index (χ0n) is 7.73. The van der Waals surface area contributed by atoms with E-state index in [4.69, 9.17) is 0 Å². The molecule has 0 unspecified atom stereocenters. The second-order valence-corrected chi connectivity index (χ2v) is 3.26. The predicted octanol–water partition coefficient (Wildman–Crippen LogP) is 2.29. The van der Waals surface area contributed by atoms with E-state index in [1.807, 2.05) is 6.92 Å². The molecule has 5 heteroatoms. The predicted molar refractivity (Wildman–Crippen MR) is 54.8 cm³/mol. The van der Waals surface area contributed by atoms with Crippen molar-refractivity contribution in [2.24, 2.45) is 4.99 Å². The number of rotatable bonds is 1. The van der Waals surface area contributed by atoms with Gasteiger partial charge in [0, 0.05) is 7.05 Å². The maximum atomic E-state index is 13.3. The molecular formula is C8H11BrFN3. The third-order valence-corrected chi connectivity index (χ3v) is 2.39. The number of hydrazine groups is 1. The molecule has 1 heterocycles. The molecule has 0 fully saturated rings. The molecule has 0 spiro atoms. The van der Waals surface area contributed by atoms with Gasteiger partial charge >= 0.3 is 0 Å². The second kappa shape index (κ2) is 4.02. The number of halogens is 2. The van der Waals surface area contributed by atoms with Crippen molar-refractivity contribution in [3.63, 3.8) is 0 Å². The first-order chi connectivity index (χ1) is 6.11. The number of hydrogen-bond acceptors (Lipinski definition) is 3. The Hall–Kier alpha value is -0.680. The van der Waals surface area contributed by atoms with Crippen LogP contribution in [0.2, 0.25) is 0 Å². The lowest BCUT2D eigenvalue weighted by Crippen LogP contribution is -2.34. The Balaban J connectivity index is 3.14. The molecule has 0 atom stereocenters. The van der Waals surface area contributed by atoms with Crippen LogP contribution in [0.15, 0.2) is 27.3 Å². The van der Waals surface area contributed by atoms with Gasteiger partial charge in [-0.3, -0.25) is 0 Å². The van der Waals surface area contributed by atoms with Gasteiger partial charge in [-0.05, 0) is 35.9 Å². The standard InChI is InChI=1S/C8H11BrFN3/c1-4-6-12-5(2)7(10)8(9)13(6)11-3/h4,11H,1-3H3/b6-4-. The zero-order chi connectivity index (χ0) is 10.0. The number of allylic oxidation sites excluding steroid dienone is 2. The van der Waals surface area contributed by atoms with Crippen molar-refractivity contribution in [2.45, 2.75) is 13.8 Å². The van der Waals surface area contributed by atoms with Crippen molar-refractivity contribution in [1.29, 1.82) is 0 Å². The van der Waals surface area contributed by atoms with E-state index >= 15 is 0 Å². The highest BCUT2D eigenvalue weighted by Gasteiger charge is 2.21. The largest absolute Gasteiger partial charge is 0.250 e. The number of hydrogen-bond donors (Lipinski definition) is 1. The van der Waals surface area contributed by atoms with Crippen LogP contribution in [0.5, 0.6) is 0 Å². The minimum absolute atomic E-state index is 0.347. The monoisotopic (exact) mass is 247 g/mol. The van der Waals surface area contributed by atoms with Crippen molar-refractivity contribution in [2.75, 3.05) is 7.05 Å². The highest BCUT2D eigenvalue weighted by atomic mass is 79.9. The van der Waals surface area contributed by atoms with Gasteiger partial charge in [0.05, 0.1) is 5.71 Å². The normalized spacial score (nSPS) is 21.2. The van der Waals surface area contributed by atoms with Gasteiger partial charge in [-0.15, -0.1) is 0 Å². The third-order valence-electron chi connectivity index (χ3n) is 1.69. The molecule has 0 aliphatic carbocycles. The third kappa shape index (κ3) is 1.81. The summed E-state index contributed by atoms with van der Waals surface area (Å²) in [5.41, 5.74) is 3.20. The van der Waals surface area contributed by atoms with Crippen LogP contribution in [0.1, 0.15) is 13.8 Å². The van der Waals surface area contributed by atoms with E-state index < -0.39 is 0 Å². The van der Waals surface area contributed by atoms with Crippen LogP contribution in [0, 0.1) is 0 Å². The highest BCUT2D eigenvalue weighted by Crippen LogP contribution is 2.27.